The van der Waals surface area contributed by atoms with Gasteiger partial charge in [-0.1, -0.05) is 0 Å². The van der Waals surface area contributed by atoms with Crippen LogP contribution in [0, 0.1) is 0 Å². The number of hydrogen-bond donors (Lipinski definition) is 0. The van der Waals surface area contributed by atoms with Crippen molar-refractivity contribution in [3.63, 3.8) is 0 Å². The molecule has 2 rings (SSSR count). The molecule has 0 radical (unpaired) electrons. The average molecular weight is 430 g/mol. The van der Waals surface area contributed by atoms with Gasteiger partial charge in [0, 0.05) is 46.6 Å². The summed E-state index contributed by atoms with van der Waals surface area (Å²) in [6.07, 6.45) is 12.1. The van der Waals surface area contributed by atoms with Gasteiger partial charge in [-0.2, -0.15) is 0 Å². The summed E-state index contributed by atoms with van der Waals surface area (Å²) >= 11 is 0. The van der Waals surface area contributed by atoms with E-state index in [0.717, 1.165) is 0 Å². The molecule has 8 nitrogen and oxygen atoms in total. The van der Waals surface area contributed by atoms with Crippen LogP contribution < -0.4 is 9.97 Å². The van der Waals surface area contributed by atoms with Crippen LogP contribution in [0.4, 0.5) is 0 Å². The Morgan fingerprint density at radius 1 is 0.684 bits per heavy atom. The van der Waals surface area contributed by atoms with Crippen LogP contribution in [0.15, 0.2) is 25.3 Å². The van der Waals surface area contributed by atoms with Crippen LogP contribution in [-0.2, 0) is 21.6 Å². The average Bonchev–Trinajstić information content (AvgIpc) is 2.96. The third-order valence-electron chi connectivity index (χ3n) is 0.607. The summed E-state index contributed by atoms with van der Waals surface area (Å²) in [5.74, 6) is 0. The zero-order valence-corrected chi connectivity index (χ0v) is 17.4. The van der Waals surface area contributed by atoms with Crippen LogP contribution >= 0.6 is 0 Å². The maximum atomic E-state index is 9.56. The minimum absolute atomic E-state index is 0. The van der Waals surface area contributed by atoms with E-state index in [1.54, 1.807) is 25.0 Å². The summed E-state index contributed by atoms with van der Waals surface area (Å²) in [5, 5.41) is 13.4. The van der Waals surface area contributed by atoms with Crippen molar-refractivity contribution < 1.29 is 8.42 Å². The monoisotopic (exact) mass is 430 g/mol. The maximum absolute atomic E-state index is 9.56. The second-order valence-electron chi connectivity index (χ2n) is 2.71. The van der Waals surface area contributed by atoms with Crippen molar-refractivity contribution >= 4 is 70.5 Å². The molecule has 0 aliphatic heterocycles. The van der Waals surface area contributed by atoms with Crippen molar-refractivity contribution in [1.82, 2.24) is 30.4 Å². The van der Waals surface area contributed by atoms with E-state index in [4.69, 9.17) is 0 Å². The fourth-order valence-corrected chi connectivity index (χ4v) is 0.298. The molecule has 0 unspecified atom stereocenters. The topological polar surface area (TPSA) is 114 Å². The Bertz CT molecular complexity index is 303. The summed E-state index contributed by atoms with van der Waals surface area (Å²) in [6.45, 7) is 0. The SMILES string of the molecule is CS(C)=O.CS(C)=O.[Ba+2].c1nnc[n-]1.c1nnc[n-]1. The van der Waals surface area contributed by atoms with Crippen molar-refractivity contribution in [3.8, 4) is 0 Å². The first-order valence-corrected chi connectivity index (χ1v) is 8.36. The van der Waals surface area contributed by atoms with Gasteiger partial charge in [0.2, 0.25) is 0 Å². The molecular weight excluding hydrogens is 414 g/mol. The molecule has 0 atom stereocenters. The van der Waals surface area contributed by atoms with E-state index in [0.29, 0.717) is 0 Å². The Balaban J connectivity index is -0.000000178. The Hall–Kier alpha value is 0.151. The number of hydrogen-bond acceptors (Lipinski definition) is 6. The summed E-state index contributed by atoms with van der Waals surface area (Å²) in [7, 11) is -1.22. The van der Waals surface area contributed by atoms with Gasteiger partial charge in [0.25, 0.3) is 0 Å². The first-order chi connectivity index (χ1) is 8.46. The van der Waals surface area contributed by atoms with Gasteiger partial charge in [-0.25, -0.2) is 0 Å². The fourth-order valence-electron chi connectivity index (χ4n) is 0.298. The second-order valence-corrected chi connectivity index (χ2v) is 5.67. The summed E-state index contributed by atoms with van der Waals surface area (Å²) in [5.41, 5.74) is 0. The smallest absolute Gasteiger partial charge is 0.374 e. The molecule has 0 bridgehead atoms. The molecule has 104 valence electrons. The van der Waals surface area contributed by atoms with Gasteiger partial charge in [0.15, 0.2) is 0 Å². The molecule has 0 aliphatic rings. The van der Waals surface area contributed by atoms with Gasteiger partial charge in [0.1, 0.15) is 0 Å². The molecule has 0 fully saturated rings. The molecule has 0 N–H and O–H groups in total. The quantitative estimate of drug-likeness (QED) is 0.464. The van der Waals surface area contributed by atoms with Gasteiger partial charge in [0.05, 0.1) is 0 Å². The Kier molecular flexibility index (Phi) is 26.1. The van der Waals surface area contributed by atoms with E-state index in [-0.39, 0.29) is 48.9 Å². The van der Waals surface area contributed by atoms with Crippen molar-refractivity contribution in [3.05, 3.63) is 25.3 Å². The van der Waals surface area contributed by atoms with Crippen LogP contribution in [0.5, 0.6) is 0 Å². The number of rotatable bonds is 0. The third-order valence-corrected chi connectivity index (χ3v) is 0.607. The summed E-state index contributed by atoms with van der Waals surface area (Å²) < 4.78 is 19.1. The van der Waals surface area contributed by atoms with Gasteiger partial charge in [-0.15, -0.1) is 0 Å². The minimum Gasteiger partial charge on any atom is -0.374 e. The fraction of sp³-hybridized carbons (Fsp3) is 0.500. The maximum Gasteiger partial charge on any atom is 2.00 e. The predicted octanol–water partition coefficient (Wildman–Crippen LogP) is -1.52. The second kappa shape index (κ2) is 20.5. The molecule has 0 saturated heterocycles. The van der Waals surface area contributed by atoms with Crippen LogP contribution in [0.1, 0.15) is 0 Å². The predicted molar refractivity (Wildman–Crippen MR) is 76.4 cm³/mol. The van der Waals surface area contributed by atoms with Gasteiger partial charge in [-0.05, 0) is 25.3 Å². The van der Waals surface area contributed by atoms with Gasteiger partial charge in [-0.3, -0.25) is 8.42 Å². The van der Waals surface area contributed by atoms with E-state index >= 15 is 0 Å². The van der Waals surface area contributed by atoms with E-state index in [2.05, 4.69) is 30.4 Å². The zero-order valence-electron chi connectivity index (χ0n) is 11.3. The van der Waals surface area contributed by atoms with Crippen LogP contribution in [-0.4, -0.2) is 103 Å². The van der Waals surface area contributed by atoms with Crippen molar-refractivity contribution in [2.24, 2.45) is 0 Å². The molecule has 19 heavy (non-hydrogen) atoms. The molecule has 2 heterocycles. The molecule has 2 aromatic heterocycles. The van der Waals surface area contributed by atoms with Crippen LogP contribution in [0.3, 0.4) is 0 Å². The van der Waals surface area contributed by atoms with E-state index in [1.165, 1.54) is 25.3 Å². The Morgan fingerprint density at radius 2 is 0.842 bits per heavy atom. The van der Waals surface area contributed by atoms with Gasteiger partial charge >= 0.3 is 48.9 Å². The molecule has 0 aromatic carbocycles. The van der Waals surface area contributed by atoms with E-state index in [1.807, 2.05) is 0 Å². The number of nitrogens with zero attached hydrogens (tertiary/aromatic N) is 6. The van der Waals surface area contributed by atoms with Crippen molar-refractivity contribution in [1.29, 1.82) is 0 Å². The first kappa shape index (κ1) is 24.2. The summed E-state index contributed by atoms with van der Waals surface area (Å²) in [6, 6.07) is 0. The zero-order chi connectivity index (χ0) is 14.2. The van der Waals surface area contributed by atoms with Crippen molar-refractivity contribution in [2.75, 3.05) is 25.0 Å². The molecular formula is C8H16BaN6O2S2. The summed E-state index contributed by atoms with van der Waals surface area (Å²) in [4.78, 5) is 7.00. The molecule has 0 saturated carbocycles. The molecule has 0 spiro atoms. The molecule has 0 aliphatic carbocycles. The Labute approximate surface area is 158 Å². The van der Waals surface area contributed by atoms with Crippen LogP contribution in [0.2, 0.25) is 0 Å². The third kappa shape index (κ3) is 45.9. The molecule has 0 amide bonds. The standard InChI is InChI=1S/2C2H2N3.2C2H6OS.Ba/c2*1-3-2-5-4-1;2*1-4(2)3;/h2*1-2H;2*1-2H3;/q2*-1;;;+2. The van der Waals surface area contributed by atoms with E-state index < -0.39 is 21.6 Å². The first-order valence-electron chi connectivity index (χ1n) is 4.43. The normalized spacial score (nSPS) is 7.89. The largest absolute Gasteiger partial charge is 2.00 e. The van der Waals surface area contributed by atoms with Crippen LogP contribution in [0.25, 0.3) is 0 Å². The number of aromatic nitrogens is 6. The Morgan fingerprint density at radius 3 is 0.895 bits per heavy atom. The minimum atomic E-state index is -0.611. The molecule has 11 heteroatoms. The van der Waals surface area contributed by atoms with Gasteiger partial charge < -0.3 is 30.4 Å². The van der Waals surface area contributed by atoms with E-state index in [9.17, 15) is 8.42 Å². The molecule has 2 aromatic rings. The van der Waals surface area contributed by atoms with Crippen molar-refractivity contribution in [2.45, 2.75) is 0 Å².